The molecule has 0 aliphatic heterocycles. The van der Waals surface area contributed by atoms with Crippen molar-refractivity contribution in [2.45, 2.75) is 13.8 Å². The molecular formula is C7H16N4O5S. The second kappa shape index (κ2) is 6.91. The largest absolute Gasteiger partial charge is 0.449 e. The first-order chi connectivity index (χ1) is 7.87. The Morgan fingerprint density at radius 1 is 1.53 bits per heavy atom. The minimum absolute atomic E-state index is 0.0466. The number of likely N-dealkylation sites (N-methyl/N-ethyl adjacent to an activating group) is 1. The number of amides is 1. The van der Waals surface area contributed by atoms with Crippen molar-refractivity contribution in [2.24, 2.45) is 10.9 Å². The second-order valence-corrected chi connectivity index (χ2v) is 4.52. The van der Waals surface area contributed by atoms with Crippen LogP contribution in [-0.4, -0.2) is 49.6 Å². The van der Waals surface area contributed by atoms with Crippen molar-refractivity contribution in [1.29, 1.82) is 0 Å². The fourth-order valence-electron chi connectivity index (χ4n) is 0.909. The first-order valence-electron chi connectivity index (χ1n) is 4.78. The highest BCUT2D eigenvalue weighted by atomic mass is 32.2. The molecule has 0 aromatic heterocycles. The molecule has 9 nitrogen and oxygen atoms in total. The van der Waals surface area contributed by atoms with E-state index in [0.29, 0.717) is 0 Å². The molecule has 17 heavy (non-hydrogen) atoms. The molecule has 1 amide bonds. The summed E-state index contributed by atoms with van der Waals surface area (Å²) in [5.74, 6) is -0.291. The van der Waals surface area contributed by atoms with E-state index in [9.17, 15) is 13.2 Å². The SMILES string of the molecule is CCOC(=O)NS(=O)(=O)N(CC)CC(N)=NO. The van der Waals surface area contributed by atoms with Gasteiger partial charge < -0.3 is 15.7 Å². The summed E-state index contributed by atoms with van der Waals surface area (Å²) in [5.41, 5.74) is 5.19. The zero-order valence-corrected chi connectivity index (χ0v) is 10.4. The number of hydrogen-bond acceptors (Lipinski definition) is 6. The van der Waals surface area contributed by atoms with Crippen molar-refractivity contribution >= 4 is 22.1 Å². The molecule has 0 saturated carbocycles. The number of carbonyl (C=O) groups excluding carboxylic acids is 1. The van der Waals surface area contributed by atoms with E-state index in [4.69, 9.17) is 10.9 Å². The van der Waals surface area contributed by atoms with E-state index in [2.05, 4.69) is 9.89 Å². The first kappa shape index (κ1) is 15.4. The number of carbonyl (C=O) groups is 1. The summed E-state index contributed by atoms with van der Waals surface area (Å²) < 4.78 is 30.2. The summed E-state index contributed by atoms with van der Waals surface area (Å²) in [5, 5.41) is 11.0. The molecule has 0 saturated heterocycles. The van der Waals surface area contributed by atoms with Crippen molar-refractivity contribution in [2.75, 3.05) is 19.7 Å². The van der Waals surface area contributed by atoms with E-state index in [1.165, 1.54) is 6.92 Å². The van der Waals surface area contributed by atoms with Gasteiger partial charge in [0.1, 0.15) is 0 Å². The highest BCUT2D eigenvalue weighted by Gasteiger charge is 2.24. The van der Waals surface area contributed by atoms with E-state index >= 15 is 0 Å². The maximum absolute atomic E-state index is 11.6. The molecule has 10 heteroatoms. The minimum atomic E-state index is -4.06. The Hall–Kier alpha value is -1.55. The van der Waals surface area contributed by atoms with Gasteiger partial charge in [-0.3, -0.25) is 0 Å². The average molecular weight is 268 g/mol. The molecule has 0 rings (SSSR count). The Bertz CT molecular complexity index is 380. The Morgan fingerprint density at radius 3 is 2.53 bits per heavy atom. The molecule has 0 aliphatic rings. The molecule has 0 spiro atoms. The van der Waals surface area contributed by atoms with Gasteiger partial charge >= 0.3 is 16.3 Å². The Labute approximate surface area is 99.4 Å². The minimum Gasteiger partial charge on any atom is -0.449 e. The summed E-state index contributed by atoms with van der Waals surface area (Å²) in [6.07, 6.45) is -1.08. The van der Waals surface area contributed by atoms with E-state index < -0.39 is 16.3 Å². The molecule has 0 atom stereocenters. The van der Waals surface area contributed by atoms with Crippen molar-refractivity contribution in [3.8, 4) is 0 Å². The van der Waals surface area contributed by atoms with Gasteiger partial charge in [0.05, 0.1) is 13.2 Å². The lowest BCUT2D eigenvalue weighted by atomic mass is 10.6. The summed E-state index contributed by atoms with van der Waals surface area (Å²) in [7, 11) is -4.06. The Balaban J connectivity index is 4.70. The maximum atomic E-state index is 11.6. The molecule has 100 valence electrons. The van der Waals surface area contributed by atoms with E-state index in [0.717, 1.165) is 4.31 Å². The molecule has 0 heterocycles. The summed E-state index contributed by atoms with van der Waals surface area (Å²) in [6.45, 7) is 2.84. The predicted octanol–water partition coefficient (Wildman–Crippen LogP) is -0.954. The lowest BCUT2D eigenvalue weighted by molar-refractivity contribution is 0.158. The molecular weight excluding hydrogens is 252 g/mol. The fourth-order valence-corrected chi connectivity index (χ4v) is 1.95. The summed E-state index contributed by atoms with van der Waals surface area (Å²) in [6, 6.07) is 0. The van der Waals surface area contributed by atoms with Gasteiger partial charge in [0.15, 0.2) is 5.84 Å². The number of amidine groups is 1. The van der Waals surface area contributed by atoms with Crippen LogP contribution >= 0.6 is 0 Å². The molecule has 0 unspecified atom stereocenters. The van der Waals surface area contributed by atoms with Crippen LogP contribution in [0, 0.1) is 0 Å². The molecule has 0 aliphatic carbocycles. The number of ether oxygens (including phenoxy) is 1. The zero-order valence-electron chi connectivity index (χ0n) is 9.58. The summed E-state index contributed by atoms with van der Waals surface area (Å²) >= 11 is 0. The monoisotopic (exact) mass is 268 g/mol. The highest BCUT2D eigenvalue weighted by molar-refractivity contribution is 7.87. The van der Waals surface area contributed by atoms with Gasteiger partial charge in [0.2, 0.25) is 0 Å². The quantitative estimate of drug-likeness (QED) is 0.246. The first-order valence-corrected chi connectivity index (χ1v) is 6.22. The molecule has 0 aromatic rings. The third kappa shape index (κ3) is 5.36. The van der Waals surface area contributed by atoms with Crippen molar-refractivity contribution in [3.63, 3.8) is 0 Å². The van der Waals surface area contributed by atoms with Crippen molar-refractivity contribution in [3.05, 3.63) is 0 Å². The van der Waals surface area contributed by atoms with Crippen LogP contribution in [-0.2, 0) is 14.9 Å². The normalized spacial score (nSPS) is 12.5. The fraction of sp³-hybridized carbons (Fsp3) is 0.714. The number of nitrogens with zero attached hydrogens (tertiary/aromatic N) is 2. The van der Waals surface area contributed by atoms with E-state index in [-0.39, 0.29) is 25.5 Å². The van der Waals surface area contributed by atoms with Gasteiger partial charge in [-0.25, -0.2) is 9.52 Å². The lowest BCUT2D eigenvalue weighted by Gasteiger charge is -2.19. The molecule has 4 N–H and O–H groups in total. The van der Waals surface area contributed by atoms with Gasteiger partial charge in [-0.05, 0) is 6.92 Å². The molecule has 0 fully saturated rings. The molecule has 0 aromatic carbocycles. The van der Waals surface area contributed by atoms with Crippen LogP contribution in [0.15, 0.2) is 5.16 Å². The Kier molecular flexibility index (Phi) is 6.28. The van der Waals surface area contributed by atoms with Crippen LogP contribution in [0.5, 0.6) is 0 Å². The lowest BCUT2D eigenvalue weighted by Crippen LogP contribution is -2.46. The standard InChI is InChI=1S/C7H16N4O5S/c1-3-11(5-6(8)9-13)17(14,15)10-7(12)16-4-2/h13H,3-5H2,1-2H3,(H2,8,9)(H,10,12). The van der Waals surface area contributed by atoms with Crippen LogP contribution < -0.4 is 10.5 Å². The molecule has 0 bridgehead atoms. The van der Waals surface area contributed by atoms with E-state index in [1.807, 2.05) is 0 Å². The van der Waals surface area contributed by atoms with Gasteiger partial charge in [-0.15, -0.1) is 0 Å². The number of nitrogens with one attached hydrogen (secondary N) is 1. The number of hydrogen-bond donors (Lipinski definition) is 3. The number of oxime groups is 1. The topological polar surface area (TPSA) is 134 Å². The highest BCUT2D eigenvalue weighted by Crippen LogP contribution is 1.97. The second-order valence-electron chi connectivity index (χ2n) is 2.85. The predicted molar refractivity (Wildman–Crippen MR) is 59.7 cm³/mol. The van der Waals surface area contributed by atoms with Crippen LogP contribution in [0.1, 0.15) is 13.8 Å². The van der Waals surface area contributed by atoms with Crippen LogP contribution in [0.3, 0.4) is 0 Å². The van der Waals surface area contributed by atoms with Gasteiger partial charge in [0.25, 0.3) is 0 Å². The number of nitrogens with two attached hydrogens (primary N) is 1. The third-order valence-corrected chi connectivity index (χ3v) is 3.14. The maximum Gasteiger partial charge on any atom is 0.421 e. The van der Waals surface area contributed by atoms with Gasteiger partial charge in [-0.1, -0.05) is 12.1 Å². The Morgan fingerprint density at radius 2 is 2.12 bits per heavy atom. The third-order valence-electron chi connectivity index (χ3n) is 1.65. The summed E-state index contributed by atoms with van der Waals surface area (Å²) in [4.78, 5) is 11.0. The van der Waals surface area contributed by atoms with Gasteiger partial charge in [0, 0.05) is 6.54 Å². The van der Waals surface area contributed by atoms with Crippen LogP contribution in [0.4, 0.5) is 4.79 Å². The zero-order chi connectivity index (χ0) is 13.5. The van der Waals surface area contributed by atoms with E-state index in [1.54, 1.807) is 11.6 Å². The van der Waals surface area contributed by atoms with Gasteiger partial charge in [-0.2, -0.15) is 12.7 Å². The number of rotatable bonds is 6. The smallest absolute Gasteiger partial charge is 0.421 e. The van der Waals surface area contributed by atoms with Crippen LogP contribution in [0.25, 0.3) is 0 Å². The van der Waals surface area contributed by atoms with Crippen molar-refractivity contribution < 1.29 is 23.2 Å². The van der Waals surface area contributed by atoms with Crippen LogP contribution in [0.2, 0.25) is 0 Å². The molecule has 0 radical (unpaired) electrons. The average Bonchev–Trinajstić information content (AvgIpc) is 2.24. The van der Waals surface area contributed by atoms with Crippen molar-refractivity contribution in [1.82, 2.24) is 9.03 Å².